The second-order valence-electron chi connectivity index (χ2n) is 13.8. The molecule has 1 atom stereocenters. The van der Waals surface area contributed by atoms with E-state index in [1.165, 1.54) is 60.8 Å². The number of H-pyrrole nitrogens is 1. The lowest BCUT2D eigenvalue weighted by Gasteiger charge is -2.57. The summed E-state index contributed by atoms with van der Waals surface area (Å²) in [6.45, 7) is 0.845. The number of aromatic amines is 1. The number of rotatable bonds is 7. The van der Waals surface area contributed by atoms with Crippen LogP contribution in [0.25, 0.3) is 11.1 Å². The molecule has 1 aliphatic heterocycles. The van der Waals surface area contributed by atoms with Crippen LogP contribution in [0.15, 0.2) is 48.5 Å². The van der Waals surface area contributed by atoms with Gasteiger partial charge in [0.1, 0.15) is 12.4 Å². The van der Waals surface area contributed by atoms with Crippen molar-refractivity contribution in [3.05, 3.63) is 76.9 Å². The Balaban J connectivity index is 0.976. The summed E-state index contributed by atoms with van der Waals surface area (Å²) < 4.78 is 5.97. The third kappa shape index (κ3) is 4.35. The molecule has 6 aliphatic rings. The number of carboxylic acids is 1. The first-order valence-electron chi connectivity index (χ1n) is 15.9. The van der Waals surface area contributed by atoms with Gasteiger partial charge in [-0.3, -0.25) is 4.90 Å². The van der Waals surface area contributed by atoms with Crippen LogP contribution in [0.2, 0.25) is 0 Å². The largest absolute Gasteiger partial charge is 0.476 e. The third-order valence-electron chi connectivity index (χ3n) is 11.2. The predicted molar refractivity (Wildman–Crippen MR) is 158 cm³/mol. The number of ether oxygens (including phenoxy) is 1. The van der Waals surface area contributed by atoms with Gasteiger partial charge in [0.15, 0.2) is 5.69 Å². The lowest BCUT2D eigenvalue weighted by Crippen LogP contribution is -2.46. The van der Waals surface area contributed by atoms with Crippen LogP contribution < -0.4 is 0 Å². The molecule has 4 bridgehead atoms. The number of hydrogen-bond donors (Lipinski definition) is 2. The summed E-state index contributed by atoms with van der Waals surface area (Å²) in [7, 11) is 0. The minimum Gasteiger partial charge on any atom is -0.476 e. The molecule has 1 amide bonds. The molecule has 0 radical (unpaired) electrons. The number of nitrogens with zero attached hydrogens (tertiary/aromatic N) is 2. The lowest BCUT2D eigenvalue weighted by molar-refractivity contribution is -0.0571. The number of carbonyl (C=O) groups is 2. The second kappa shape index (κ2) is 9.99. The number of amides is 1. The van der Waals surface area contributed by atoms with E-state index in [9.17, 15) is 14.7 Å². The Morgan fingerprint density at radius 3 is 2.19 bits per heavy atom. The number of nitrogens with one attached hydrogen (secondary N) is 1. The Morgan fingerprint density at radius 1 is 0.952 bits per heavy atom. The van der Waals surface area contributed by atoms with Crippen LogP contribution in [-0.4, -0.2) is 45.2 Å². The van der Waals surface area contributed by atoms with Crippen molar-refractivity contribution in [2.45, 2.75) is 76.2 Å². The lowest BCUT2D eigenvalue weighted by atomic mass is 9.48. The van der Waals surface area contributed by atoms with E-state index in [1.807, 2.05) is 24.3 Å². The number of benzene rings is 2. The molecule has 5 aliphatic carbocycles. The molecule has 42 heavy (non-hydrogen) atoms. The van der Waals surface area contributed by atoms with Gasteiger partial charge in [0, 0.05) is 18.2 Å². The van der Waals surface area contributed by atoms with Crippen molar-refractivity contribution in [2.24, 2.45) is 23.2 Å². The van der Waals surface area contributed by atoms with Crippen molar-refractivity contribution in [3.63, 3.8) is 0 Å². The van der Waals surface area contributed by atoms with E-state index in [-0.39, 0.29) is 30.4 Å². The van der Waals surface area contributed by atoms with Crippen molar-refractivity contribution < 1.29 is 19.4 Å². The van der Waals surface area contributed by atoms with Crippen molar-refractivity contribution >= 4 is 12.1 Å². The summed E-state index contributed by atoms with van der Waals surface area (Å²) in [4.78, 5) is 35.4. The molecule has 1 saturated heterocycles. The molecule has 9 rings (SSSR count). The fraction of sp³-hybridized carbons (Fsp3) is 0.514. The molecule has 1 aromatic heterocycles. The number of carboxylic acid groups (broad SMARTS) is 1. The van der Waals surface area contributed by atoms with Gasteiger partial charge in [-0.25, -0.2) is 14.6 Å². The van der Waals surface area contributed by atoms with Crippen LogP contribution in [0.5, 0.6) is 0 Å². The van der Waals surface area contributed by atoms with E-state index in [4.69, 9.17) is 4.74 Å². The van der Waals surface area contributed by atoms with Crippen LogP contribution >= 0.6 is 0 Å². The monoisotopic (exact) mass is 565 g/mol. The SMILES string of the molecule is O=C(O)c1nc([C@@H]2CCCN2C(=O)OCC2c3ccccc3-c3ccccc32)[nH]c1CCC12CC3CC(CC(C3)C1)C2. The summed E-state index contributed by atoms with van der Waals surface area (Å²) in [6, 6.07) is 16.4. The molecule has 218 valence electrons. The molecular formula is C35H39N3O4. The standard InChI is InChI=1S/C35H39N3O4/c39-33(40)31-29(11-12-35-17-21-14-22(18-35)16-23(15-21)19-35)36-32(37-31)30-10-5-13-38(30)34(41)42-20-28-26-8-3-1-6-24(26)25-7-2-4-9-27(25)28/h1-4,6-9,21-23,28,30H,5,10-20H2,(H,36,37)(H,39,40)/t21?,22?,23?,30-,35?/m0/s1. The van der Waals surface area contributed by atoms with Gasteiger partial charge < -0.3 is 14.8 Å². The van der Waals surface area contributed by atoms with Crippen LogP contribution in [0.1, 0.15) is 103 Å². The fourth-order valence-corrected chi connectivity index (χ4v) is 9.88. The molecule has 2 N–H and O–H groups in total. The van der Waals surface area contributed by atoms with Gasteiger partial charge in [-0.05, 0) is 110 Å². The molecular weight excluding hydrogens is 526 g/mol. The topological polar surface area (TPSA) is 95.5 Å². The van der Waals surface area contributed by atoms with E-state index in [2.05, 4.69) is 34.2 Å². The number of aromatic carboxylic acids is 1. The van der Waals surface area contributed by atoms with Gasteiger partial charge in [-0.2, -0.15) is 0 Å². The highest BCUT2D eigenvalue weighted by Crippen LogP contribution is 2.61. The Morgan fingerprint density at radius 2 is 1.57 bits per heavy atom. The van der Waals surface area contributed by atoms with E-state index in [0.717, 1.165) is 37.0 Å². The number of aromatic nitrogens is 2. The Hall–Kier alpha value is -3.61. The molecule has 3 aromatic rings. The van der Waals surface area contributed by atoms with E-state index in [1.54, 1.807) is 4.90 Å². The number of carbonyl (C=O) groups excluding carboxylic acids is 1. The van der Waals surface area contributed by atoms with E-state index in [0.29, 0.717) is 29.9 Å². The quantitative estimate of drug-likeness (QED) is 0.312. The fourth-order valence-electron chi connectivity index (χ4n) is 9.88. The first kappa shape index (κ1) is 26.1. The highest BCUT2D eigenvalue weighted by atomic mass is 16.6. The average Bonchev–Trinajstić information content (AvgIpc) is 3.70. The number of fused-ring (bicyclic) bond motifs is 3. The summed E-state index contributed by atoms with van der Waals surface area (Å²) in [5.74, 6) is 2.20. The molecule has 0 unspecified atom stereocenters. The first-order chi connectivity index (χ1) is 20.5. The number of aryl methyl sites for hydroxylation is 1. The third-order valence-corrected chi connectivity index (χ3v) is 11.2. The first-order valence-corrected chi connectivity index (χ1v) is 15.9. The minimum atomic E-state index is -0.997. The summed E-state index contributed by atoms with van der Waals surface area (Å²) in [5, 5.41) is 10.0. The maximum Gasteiger partial charge on any atom is 0.410 e. The average molecular weight is 566 g/mol. The van der Waals surface area contributed by atoms with Crippen molar-refractivity contribution in [2.75, 3.05) is 13.2 Å². The molecule has 7 nitrogen and oxygen atoms in total. The zero-order valence-electron chi connectivity index (χ0n) is 24.1. The molecule has 2 aromatic carbocycles. The van der Waals surface area contributed by atoms with Gasteiger partial charge >= 0.3 is 12.1 Å². The normalized spacial score (nSPS) is 29.1. The van der Waals surface area contributed by atoms with E-state index >= 15 is 0 Å². The smallest absolute Gasteiger partial charge is 0.410 e. The molecule has 4 saturated carbocycles. The summed E-state index contributed by atoms with van der Waals surface area (Å²) >= 11 is 0. The zero-order chi connectivity index (χ0) is 28.4. The van der Waals surface area contributed by atoms with Gasteiger partial charge in [0.2, 0.25) is 0 Å². The van der Waals surface area contributed by atoms with Gasteiger partial charge in [0.05, 0.1) is 6.04 Å². The molecule has 7 heteroatoms. The van der Waals surface area contributed by atoms with Crippen LogP contribution in [0.3, 0.4) is 0 Å². The van der Waals surface area contributed by atoms with E-state index < -0.39 is 5.97 Å². The summed E-state index contributed by atoms with van der Waals surface area (Å²) in [5.41, 5.74) is 5.98. The van der Waals surface area contributed by atoms with Crippen LogP contribution in [-0.2, 0) is 11.2 Å². The van der Waals surface area contributed by atoms with Crippen LogP contribution in [0.4, 0.5) is 4.79 Å². The maximum atomic E-state index is 13.5. The van der Waals surface area contributed by atoms with Crippen LogP contribution in [0, 0.1) is 23.2 Å². The van der Waals surface area contributed by atoms with Crippen molar-refractivity contribution in [1.82, 2.24) is 14.9 Å². The minimum absolute atomic E-state index is 0.000755. The molecule has 5 fully saturated rings. The second-order valence-corrected chi connectivity index (χ2v) is 13.8. The molecule has 2 heterocycles. The Labute approximate surface area is 246 Å². The summed E-state index contributed by atoms with van der Waals surface area (Å²) in [6.07, 6.45) is 11.1. The van der Waals surface area contributed by atoms with Gasteiger partial charge in [0.25, 0.3) is 0 Å². The van der Waals surface area contributed by atoms with Crippen molar-refractivity contribution in [1.29, 1.82) is 0 Å². The maximum absolute atomic E-state index is 13.5. The van der Waals surface area contributed by atoms with Crippen molar-refractivity contribution in [3.8, 4) is 11.1 Å². The predicted octanol–water partition coefficient (Wildman–Crippen LogP) is 7.34. The molecule has 0 spiro atoms. The number of hydrogen-bond acceptors (Lipinski definition) is 4. The zero-order valence-corrected chi connectivity index (χ0v) is 24.1. The van der Waals surface area contributed by atoms with Gasteiger partial charge in [-0.1, -0.05) is 48.5 Å². The highest BCUT2D eigenvalue weighted by molar-refractivity contribution is 5.87. The number of imidazole rings is 1. The van der Waals surface area contributed by atoms with Gasteiger partial charge in [-0.15, -0.1) is 0 Å². The number of likely N-dealkylation sites (tertiary alicyclic amines) is 1. The highest BCUT2D eigenvalue weighted by Gasteiger charge is 2.50. The Bertz CT molecular complexity index is 1460. The Kier molecular flexibility index (Phi) is 6.20.